The molecule has 0 radical (unpaired) electrons. The van der Waals surface area contributed by atoms with Gasteiger partial charge in [0.15, 0.2) is 12.4 Å². The molecule has 0 aromatic carbocycles. The maximum absolute atomic E-state index is 9.84. The van der Waals surface area contributed by atoms with Crippen LogP contribution in [0.2, 0.25) is 0 Å². The van der Waals surface area contributed by atoms with Gasteiger partial charge >= 0.3 is 0 Å². The van der Waals surface area contributed by atoms with E-state index in [0.29, 0.717) is 0 Å². The maximum Gasteiger partial charge on any atom is 0.160 e. The summed E-state index contributed by atoms with van der Waals surface area (Å²) in [5.41, 5.74) is 0. The number of hydrogen-bond donors (Lipinski definition) is 0. The van der Waals surface area contributed by atoms with Crippen molar-refractivity contribution >= 4 is 6.29 Å². The highest BCUT2D eigenvalue weighted by atomic mass is 16.5. The number of carbonyl (C=O) groups excluding carboxylic acids is 1. The molecule has 2 heteroatoms. The van der Waals surface area contributed by atoms with E-state index in [1.54, 1.807) is 6.26 Å². The molecule has 0 fully saturated rings. The van der Waals surface area contributed by atoms with Crippen molar-refractivity contribution in [1.82, 2.24) is 0 Å². The van der Waals surface area contributed by atoms with Gasteiger partial charge in [0.2, 0.25) is 0 Å². The van der Waals surface area contributed by atoms with Gasteiger partial charge in [0.1, 0.15) is 0 Å². The van der Waals surface area contributed by atoms with Gasteiger partial charge in [-0.05, 0) is 33.8 Å². The standard InChI is InChI=1S/C5H6O2.2C4H8/c6-4-5-2-1-3-7-5;2*1-3-4-2/h1,3-5H,2H2;2*3-4H,1-2H3. The molecule has 1 unspecified atom stereocenters. The lowest BCUT2D eigenvalue weighted by Crippen LogP contribution is -2.04. The zero-order valence-corrected chi connectivity index (χ0v) is 10.1. The molecule has 0 bridgehead atoms. The number of aldehydes is 1. The number of allylic oxidation sites excluding steroid dienone is 4. The molecule has 0 saturated carbocycles. The molecule has 0 saturated heterocycles. The third-order valence-electron chi connectivity index (χ3n) is 1.54. The topological polar surface area (TPSA) is 26.3 Å². The monoisotopic (exact) mass is 210 g/mol. The zero-order valence-electron chi connectivity index (χ0n) is 10.1. The average Bonchev–Trinajstić information content (AvgIpc) is 2.82. The van der Waals surface area contributed by atoms with E-state index < -0.39 is 0 Å². The number of carbonyl (C=O) groups is 1. The summed E-state index contributed by atoms with van der Waals surface area (Å²) in [7, 11) is 0. The van der Waals surface area contributed by atoms with Gasteiger partial charge in [0.25, 0.3) is 0 Å². The third kappa shape index (κ3) is 15.4. The minimum absolute atomic E-state index is 0.194. The van der Waals surface area contributed by atoms with Crippen LogP contribution in [-0.4, -0.2) is 12.4 Å². The second-order valence-electron chi connectivity index (χ2n) is 2.75. The van der Waals surface area contributed by atoms with Crippen LogP contribution in [0.5, 0.6) is 0 Å². The van der Waals surface area contributed by atoms with Crippen molar-refractivity contribution in [3.8, 4) is 0 Å². The molecule has 1 aliphatic rings. The molecular formula is C13H22O2. The van der Waals surface area contributed by atoms with E-state index >= 15 is 0 Å². The Kier molecular flexibility index (Phi) is 16.3. The number of ether oxygens (including phenoxy) is 1. The van der Waals surface area contributed by atoms with Crippen LogP contribution in [0.1, 0.15) is 34.1 Å². The minimum Gasteiger partial charge on any atom is -0.491 e. The van der Waals surface area contributed by atoms with Crippen LogP contribution >= 0.6 is 0 Å². The highest BCUT2D eigenvalue weighted by Crippen LogP contribution is 2.04. The Morgan fingerprint density at radius 3 is 1.67 bits per heavy atom. The summed E-state index contributed by atoms with van der Waals surface area (Å²) in [5.74, 6) is 0. The fraction of sp³-hybridized carbons (Fsp3) is 0.462. The van der Waals surface area contributed by atoms with Crippen LogP contribution in [-0.2, 0) is 9.53 Å². The third-order valence-corrected chi connectivity index (χ3v) is 1.54. The fourth-order valence-corrected chi connectivity index (χ4v) is 0.489. The van der Waals surface area contributed by atoms with Crippen LogP contribution < -0.4 is 0 Å². The fourth-order valence-electron chi connectivity index (χ4n) is 0.489. The first-order valence-electron chi connectivity index (χ1n) is 5.17. The van der Waals surface area contributed by atoms with E-state index in [-0.39, 0.29) is 6.10 Å². The lowest BCUT2D eigenvalue weighted by molar-refractivity contribution is -0.114. The maximum atomic E-state index is 9.84. The minimum atomic E-state index is -0.194. The molecule has 1 atom stereocenters. The Bertz CT molecular complexity index is 177. The molecule has 0 spiro atoms. The van der Waals surface area contributed by atoms with Crippen molar-refractivity contribution in [2.75, 3.05) is 0 Å². The first-order valence-corrected chi connectivity index (χ1v) is 5.17. The Labute approximate surface area is 93.3 Å². The van der Waals surface area contributed by atoms with Crippen LogP contribution in [0.25, 0.3) is 0 Å². The zero-order chi connectivity index (χ0) is 11.9. The summed E-state index contributed by atoms with van der Waals surface area (Å²) in [6.45, 7) is 8.00. The van der Waals surface area contributed by atoms with Gasteiger partial charge in [-0.25, -0.2) is 0 Å². The predicted octanol–water partition coefficient (Wildman–Crippen LogP) is 3.65. The van der Waals surface area contributed by atoms with Crippen molar-refractivity contribution < 1.29 is 9.53 Å². The van der Waals surface area contributed by atoms with E-state index in [9.17, 15) is 4.79 Å². The smallest absolute Gasteiger partial charge is 0.160 e. The van der Waals surface area contributed by atoms with Gasteiger partial charge < -0.3 is 4.74 Å². The van der Waals surface area contributed by atoms with Crippen LogP contribution in [0, 0.1) is 0 Å². The van der Waals surface area contributed by atoms with Gasteiger partial charge in [-0.15, -0.1) is 0 Å². The summed E-state index contributed by atoms with van der Waals surface area (Å²) in [5, 5.41) is 0. The second-order valence-corrected chi connectivity index (χ2v) is 2.75. The van der Waals surface area contributed by atoms with E-state index in [2.05, 4.69) is 0 Å². The summed E-state index contributed by atoms with van der Waals surface area (Å²) in [6, 6.07) is 0. The first kappa shape index (κ1) is 16.1. The molecule has 1 heterocycles. The van der Waals surface area contributed by atoms with Crippen molar-refractivity contribution in [3.05, 3.63) is 36.6 Å². The highest BCUT2D eigenvalue weighted by Gasteiger charge is 2.06. The van der Waals surface area contributed by atoms with Gasteiger partial charge in [-0.1, -0.05) is 24.3 Å². The molecule has 0 aromatic heterocycles. The molecule has 1 rings (SSSR count). The van der Waals surface area contributed by atoms with Crippen LogP contribution in [0.15, 0.2) is 36.6 Å². The van der Waals surface area contributed by atoms with E-state index in [1.807, 2.05) is 58.1 Å². The van der Waals surface area contributed by atoms with E-state index in [0.717, 1.165) is 12.7 Å². The number of rotatable bonds is 1. The van der Waals surface area contributed by atoms with Crippen LogP contribution in [0.4, 0.5) is 0 Å². The van der Waals surface area contributed by atoms with Crippen molar-refractivity contribution in [1.29, 1.82) is 0 Å². The quantitative estimate of drug-likeness (QED) is 0.488. The van der Waals surface area contributed by atoms with Gasteiger partial charge in [-0.3, -0.25) is 4.79 Å². The second kappa shape index (κ2) is 15.2. The Morgan fingerprint density at radius 2 is 1.53 bits per heavy atom. The van der Waals surface area contributed by atoms with Gasteiger partial charge in [-0.2, -0.15) is 0 Å². The van der Waals surface area contributed by atoms with Crippen molar-refractivity contribution in [2.45, 2.75) is 40.2 Å². The molecular weight excluding hydrogens is 188 g/mol. The highest BCUT2D eigenvalue weighted by molar-refractivity contribution is 5.57. The molecule has 0 amide bonds. The molecule has 0 aliphatic carbocycles. The molecule has 2 nitrogen and oxygen atoms in total. The largest absolute Gasteiger partial charge is 0.491 e. The first-order chi connectivity index (χ1) is 7.26. The normalized spacial score (nSPS) is 17.7. The summed E-state index contributed by atoms with van der Waals surface area (Å²) >= 11 is 0. The Morgan fingerprint density at radius 1 is 1.07 bits per heavy atom. The van der Waals surface area contributed by atoms with Crippen molar-refractivity contribution in [3.63, 3.8) is 0 Å². The summed E-state index contributed by atoms with van der Waals surface area (Å²) in [6.07, 6.45) is 12.7. The molecule has 15 heavy (non-hydrogen) atoms. The van der Waals surface area contributed by atoms with E-state index in [1.165, 1.54) is 0 Å². The van der Waals surface area contributed by atoms with Gasteiger partial charge in [0, 0.05) is 6.42 Å². The summed E-state index contributed by atoms with van der Waals surface area (Å²) in [4.78, 5) is 9.84. The SMILES string of the molecule is CC=CC.CC=CC.O=CC1CC=CO1. The van der Waals surface area contributed by atoms with Gasteiger partial charge in [0.05, 0.1) is 6.26 Å². The predicted molar refractivity (Wildman–Crippen MR) is 65.7 cm³/mol. The average molecular weight is 210 g/mol. The summed E-state index contributed by atoms with van der Waals surface area (Å²) < 4.78 is 4.75. The van der Waals surface area contributed by atoms with E-state index in [4.69, 9.17) is 4.74 Å². The van der Waals surface area contributed by atoms with Crippen LogP contribution in [0.3, 0.4) is 0 Å². The lowest BCUT2D eigenvalue weighted by Gasteiger charge is -1.95. The molecule has 0 N–H and O–H groups in total. The molecule has 1 aliphatic heterocycles. The lowest BCUT2D eigenvalue weighted by atomic mass is 10.3. The molecule has 86 valence electrons. The number of hydrogen-bond acceptors (Lipinski definition) is 2. The van der Waals surface area contributed by atoms with Crippen molar-refractivity contribution in [2.24, 2.45) is 0 Å². The molecule has 0 aromatic rings. The Balaban J connectivity index is 0. The Hall–Kier alpha value is -1.31.